The van der Waals surface area contributed by atoms with Crippen LogP contribution in [0.1, 0.15) is 25.2 Å². The highest BCUT2D eigenvalue weighted by atomic mass is 16.5. The van der Waals surface area contributed by atoms with Gasteiger partial charge >= 0.3 is 0 Å². The Morgan fingerprint density at radius 3 is 2.56 bits per heavy atom. The quantitative estimate of drug-likeness (QED) is 0.837. The number of anilines is 2. The molecule has 1 atom stereocenters. The van der Waals surface area contributed by atoms with Gasteiger partial charge in [-0.1, -0.05) is 6.92 Å². The Kier molecular flexibility index (Phi) is 5.34. The van der Waals surface area contributed by atoms with Crippen LogP contribution in [0.2, 0.25) is 0 Å². The number of aromatic nitrogens is 2. The van der Waals surface area contributed by atoms with Crippen molar-refractivity contribution in [2.75, 3.05) is 38.0 Å². The molecule has 0 saturated heterocycles. The predicted octanol–water partition coefficient (Wildman–Crippen LogP) is 1.86. The first-order chi connectivity index (χ1) is 8.54. The van der Waals surface area contributed by atoms with Crippen molar-refractivity contribution in [1.29, 1.82) is 0 Å². The van der Waals surface area contributed by atoms with Gasteiger partial charge in [-0.3, -0.25) is 0 Å². The van der Waals surface area contributed by atoms with E-state index >= 15 is 0 Å². The van der Waals surface area contributed by atoms with Crippen LogP contribution in [0.5, 0.6) is 0 Å². The summed E-state index contributed by atoms with van der Waals surface area (Å²) >= 11 is 0. The van der Waals surface area contributed by atoms with Gasteiger partial charge < -0.3 is 15.0 Å². The molecule has 5 nitrogen and oxygen atoms in total. The van der Waals surface area contributed by atoms with E-state index in [1.54, 1.807) is 7.11 Å². The minimum Gasteiger partial charge on any atom is -0.383 e. The number of likely N-dealkylation sites (N-methyl/N-ethyl adjacent to an activating group) is 1. The molecule has 0 saturated carbocycles. The number of aryl methyl sites for hydroxylation is 1. The summed E-state index contributed by atoms with van der Waals surface area (Å²) in [5.41, 5.74) is 1.07. The normalized spacial score (nSPS) is 12.3. The molecule has 0 amide bonds. The van der Waals surface area contributed by atoms with E-state index in [-0.39, 0.29) is 6.04 Å². The van der Waals surface area contributed by atoms with E-state index < -0.39 is 0 Å². The molecule has 1 heterocycles. The molecular weight excluding hydrogens is 228 g/mol. The largest absolute Gasteiger partial charge is 0.383 e. The SMILES string of the molecule is CCc1nc(NC)c(C)c(N(C)C(C)COC)n1. The fourth-order valence-corrected chi connectivity index (χ4v) is 1.86. The molecule has 0 bridgehead atoms. The Balaban J connectivity index is 3.13. The van der Waals surface area contributed by atoms with Crippen molar-refractivity contribution in [2.24, 2.45) is 0 Å². The van der Waals surface area contributed by atoms with Gasteiger partial charge in [0, 0.05) is 33.2 Å². The van der Waals surface area contributed by atoms with Crippen LogP contribution in [0.4, 0.5) is 11.6 Å². The maximum atomic E-state index is 5.20. The molecule has 5 heteroatoms. The number of nitrogens with zero attached hydrogens (tertiary/aromatic N) is 3. The lowest BCUT2D eigenvalue weighted by Gasteiger charge is -2.27. The van der Waals surface area contributed by atoms with Crippen molar-refractivity contribution >= 4 is 11.6 Å². The van der Waals surface area contributed by atoms with Crippen molar-refractivity contribution in [1.82, 2.24) is 9.97 Å². The van der Waals surface area contributed by atoms with Crippen molar-refractivity contribution in [2.45, 2.75) is 33.2 Å². The van der Waals surface area contributed by atoms with Crippen LogP contribution < -0.4 is 10.2 Å². The zero-order chi connectivity index (χ0) is 13.7. The van der Waals surface area contributed by atoms with Crippen LogP contribution in [0.25, 0.3) is 0 Å². The average Bonchev–Trinajstić information content (AvgIpc) is 2.38. The third-order valence-electron chi connectivity index (χ3n) is 3.12. The van der Waals surface area contributed by atoms with Crippen LogP contribution in [-0.4, -0.2) is 43.8 Å². The third-order valence-corrected chi connectivity index (χ3v) is 3.12. The van der Waals surface area contributed by atoms with E-state index in [4.69, 9.17) is 4.74 Å². The molecule has 1 rings (SSSR count). The fourth-order valence-electron chi connectivity index (χ4n) is 1.86. The van der Waals surface area contributed by atoms with Gasteiger partial charge in [0.15, 0.2) is 0 Å². The van der Waals surface area contributed by atoms with Crippen molar-refractivity contribution in [3.8, 4) is 0 Å². The van der Waals surface area contributed by atoms with Gasteiger partial charge in [0.05, 0.1) is 12.6 Å². The van der Waals surface area contributed by atoms with Gasteiger partial charge in [0.1, 0.15) is 17.5 Å². The molecule has 1 aromatic heterocycles. The van der Waals surface area contributed by atoms with E-state index in [0.717, 1.165) is 29.4 Å². The first-order valence-corrected chi connectivity index (χ1v) is 6.32. The summed E-state index contributed by atoms with van der Waals surface area (Å²) in [6, 6.07) is 0.276. The van der Waals surface area contributed by atoms with Gasteiger partial charge in [0.25, 0.3) is 0 Å². The maximum absolute atomic E-state index is 5.20. The Morgan fingerprint density at radius 1 is 1.39 bits per heavy atom. The Labute approximate surface area is 110 Å². The van der Waals surface area contributed by atoms with E-state index in [0.29, 0.717) is 6.61 Å². The standard InChI is InChI=1S/C13H24N4O/c1-7-11-15-12(14-4)10(3)13(16-11)17(5)9(2)8-18-6/h9H,7-8H2,1-6H3,(H,14,15,16). The maximum Gasteiger partial charge on any atom is 0.137 e. The Bertz CT molecular complexity index is 395. The average molecular weight is 252 g/mol. The molecule has 0 spiro atoms. The molecule has 0 fully saturated rings. The third kappa shape index (κ3) is 3.10. The zero-order valence-electron chi connectivity index (χ0n) is 12.2. The molecule has 102 valence electrons. The van der Waals surface area contributed by atoms with Crippen LogP contribution in [0.15, 0.2) is 0 Å². The summed E-state index contributed by atoms with van der Waals surface area (Å²) in [7, 11) is 5.64. The van der Waals surface area contributed by atoms with Crippen LogP contribution in [-0.2, 0) is 11.2 Å². The number of hydrogen-bond donors (Lipinski definition) is 1. The van der Waals surface area contributed by atoms with Gasteiger partial charge in [-0.15, -0.1) is 0 Å². The zero-order valence-corrected chi connectivity index (χ0v) is 12.2. The number of hydrogen-bond acceptors (Lipinski definition) is 5. The summed E-state index contributed by atoms with van der Waals surface area (Å²) in [6.45, 7) is 6.90. The smallest absolute Gasteiger partial charge is 0.137 e. The lowest BCUT2D eigenvalue weighted by molar-refractivity contribution is 0.183. The van der Waals surface area contributed by atoms with Crippen LogP contribution in [0, 0.1) is 6.92 Å². The second-order valence-corrected chi connectivity index (χ2v) is 4.46. The van der Waals surface area contributed by atoms with E-state index in [2.05, 4.69) is 34.0 Å². The first-order valence-electron chi connectivity index (χ1n) is 6.32. The first kappa shape index (κ1) is 14.7. The predicted molar refractivity (Wildman–Crippen MR) is 75.4 cm³/mol. The molecule has 0 aliphatic carbocycles. The molecule has 0 aromatic carbocycles. The fraction of sp³-hybridized carbons (Fsp3) is 0.692. The summed E-state index contributed by atoms with van der Waals surface area (Å²) in [4.78, 5) is 11.2. The molecule has 1 aromatic rings. The monoisotopic (exact) mass is 252 g/mol. The van der Waals surface area contributed by atoms with E-state index in [1.807, 2.05) is 21.0 Å². The Morgan fingerprint density at radius 2 is 2.06 bits per heavy atom. The molecule has 0 aliphatic rings. The minimum atomic E-state index is 0.276. The summed E-state index contributed by atoms with van der Waals surface area (Å²) < 4.78 is 5.20. The number of nitrogens with one attached hydrogen (secondary N) is 1. The number of rotatable bonds is 6. The topological polar surface area (TPSA) is 50.3 Å². The van der Waals surface area contributed by atoms with E-state index in [9.17, 15) is 0 Å². The number of methoxy groups -OCH3 is 1. The number of ether oxygens (including phenoxy) is 1. The van der Waals surface area contributed by atoms with E-state index in [1.165, 1.54) is 0 Å². The van der Waals surface area contributed by atoms with Gasteiger partial charge in [0.2, 0.25) is 0 Å². The molecule has 1 unspecified atom stereocenters. The lowest BCUT2D eigenvalue weighted by Crippen LogP contribution is -2.34. The second-order valence-electron chi connectivity index (χ2n) is 4.46. The molecule has 0 radical (unpaired) electrons. The molecular formula is C13H24N4O. The van der Waals surface area contributed by atoms with Crippen LogP contribution in [0.3, 0.4) is 0 Å². The summed E-state index contributed by atoms with van der Waals surface area (Å²) in [5.74, 6) is 2.72. The van der Waals surface area contributed by atoms with Crippen LogP contribution >= 0.6 is 0 Å². The van der Waals surface area contributed by atoms with Crippen molar-refractivity contribution in [3.05, 3.63) is 11.4 Å². The molecule has 18 heavy (non-hydrogen) atoms. The minimum absolute atomic E-state index is 0.276. The van der Waals surface area contributed by atoms with Crippen molar-refractivity contribution < 1.29 is 4.74 Å². The van der Waals surface area contributed by atoms with Crippen molar-refractivity contribution in [3.63, 3.8) is 0 Å². The molecule has 1 N–H and O–H groups in total. The van der Waals surface area contributed by atoms with Gasteiger partial charge in [-0.25, -0.2) is 9.97 Å². The highest BCUT2D eigenvalue weighted by Gasteiger charge is 2.17. The van der Waals surface area contributed by atoms with Gasteiger partial charge in [-0.05, 0) is 13.8 Å². The Hall–Kier alpha value is -1.36. The summed E-state index contributed by atoms with van der Waals surface area (Å²) in [5, 5.41) is 3.13. The molecule has 0 aliphatic heterocycles. The highest BCUT2D eigenvalue weighted by molar-refractivity contribution is 5.58. The lowest BCUT2D eigenvalue weighted by atomic mass is 10.2. The van der Waals surface area contributed by atoms with Gasteiger partial charge in [-0.2, -0.15) is 0 Å². The highest BCUT2D eigenvalue weighted by Crippen LogP contribution is 2.24. The summed E-state index contributed by atoms with van der Waals surface area (Å²) in [6.07, 6.45) is 0.828. The second kappa shape index (κ2) is 6.54.